The Bertz CT molecular complexity index is 1170. The van der Waals surface area contributed by atoms with Gasteiger partial charge in [-0.05, 0) is 25.1 Å². The molecule has 1 aliphatic rings. The summed E-state index contributed by atoms with van der Waals surface area (Å²) < 4.78 is 11.0. The van der Waals surface area contributed by atoms with Crippen LogP contribution in [0.2, 0.25) is 0 Å². The quantitative estimate of drug-likeness (QED) is 0.586. The number of ether oxygens (including phenoxy) is 2. The van der Waals surface area contributed by atoms with Crippen LogP contribution < -0.4 is 25.7 Å². The van der Waals surface area contributed by atoms with E-state index in [2.05, 4.69) is 20.8 Å². The fourth-order valence-electron chi connectivity index (χ4n) is 3.19. The van der Waals surface area contributed by atoms with Gasteiger partial charge in [-0.3, -0.25) is 14.4 Å². The van der Waals surface area contributed by atoms with Gasteiger partial charge >= 0.3 is 0 Å². The van der Waals surface area contributed by atoms with E-state index < -0.39 is 6.04 Å². The molecule has 1 aliphatic heterocycles. The molecule has 3 N–H and O–H groups in total. The van der Waals surface area contributed by atoms with Crippen LogP contribution in [0.25, 0.3) is 10.8 Å². The van der Waals surface area contributed by atoms with Crippen LogP contribution in [0.3, 0.4) is 0 Å². The van der Waals surface area contributed by atoms with Gasteiger partial charge in [0.1, 0.15) is 19.3 Å². The highest BCUT2D eigenvalue weighted by molar-refractivity contribution is 5.97. The maximum atomic E-state index is 12.5. The molecule has 0 radical (unpaired) electrons. The van der Waals surface area contributed by atoms with Crippen molar-refractivity contribution < 1.29 is 19.1 Å². The monoisotopic (exact) mass is 408 g/mol. The van der Waals surface area contributed by atoms with E-state index in [0.717, 1.165) is 0 Å². The molecule has 9 heteroatoms. The van der Waals surface area contributed by atoms with Crippen molar-refractivity contribution in [3.05, 3.63) is 58.5 Å². The van der Waals surface area contributed by atoms with Crippen molar-refractivity contribution in [3.63, 3.8) is 0 Å². The molecule has 3 aromatic rings. The van der Waals surface area contributed by atoms with E-state index in [1.165, 1.54) is 0 Å². The highest BCUT2D eigenvalue weighted by Crippen LogP contribution is 2.32. The third-order valence-corrected chi connectivity index (χ3v) is 4.68. The number of carbonyl (C=O) groups is 2. The zero-order valence-corrected chi connectivity index (χ0v) is 16.2. The average molecular weight is 408 g/mol. The van der Waals surface area contributed by atoms with Crippen LogP contribution in [-0.4, -0.2) is 41.3 Å². The van der Waals surface area contributed by atoms with E-state index in [9.17, 15) is 14.4 Å². The van der Waals surface area contributed by atoms with Gasteiger partial charge in [-0.15, -0.1) is 0 Å². The first-order valence-electron chi connectivity index (χ1n) is 9.47. The van der Waals surface area contributed by atoms with Gasteiger partial charge < -0.3 is 20.1 Å². The predicted octanol–water partition coefficient (Wildman–Crippen LogP) is 1.38. The van der Waals surface area contributed by atoms with Gasteiger partial charge in [-0.25, -0.2) is 5.10 Å². The smallest absolute Gasteiger partial charge is 0.272 e. The van der Waals surface area contributed by atoms with Crippen molar-refractivity contribution in [2.45, 2.75) is 19.4 Å². The van der Waals surface area contributed by atoms with Gasteiger partial charge in [-0.1, -0.05) is 18.2 Å². The maximum absolute atomic E-state index is 12.5. The number of hydrogen-bond donors (Lipinski definition) is 3. The number of H-pyrrole nitrogens is 1. The summed E-state index contributed by atoms with van der Waals surface area (Å²) >= 11 is 0. The van der Waals surface area contributed by atoms with Crippen molar-refractivity contribution >= 4 is 28.3 Å². The van der Waals surface area contributed by atoms with Crippen LogP contribution in [0.15, 0.2) is 47.3 Å². The molecule has 1 atom stereocenters. The van der Waals surface area contributed by atoms with E-state index >= 15 is 0 Å². The second kappa shape index (κ2) is 8.24. The van der Waals surface area contributed by atoms with Gasteiger partial charge in [-0.2, -0.15) is 5.10 Å². The molecule has 2 amide bonds. The Labute approximate surface area is 171 Å². The molecule has 0 saturated carbocycles. The Morgan fingerprint density at radius 1 is 1.10 bits per heavy atom. The second-order valence-corrected chi connectivity index (χ2v) is 6.86. The Morgan fingerprint density at radius 3 is 2.63 bits per heavy atom. The first-order valence-corrected chi connectivity index (χ1v) is 9.47. The fraction of sp³-hybridized carbons (Fsp3) is 0.238. The molecule has 0 bridgehead atoms. The Balaban J connectivity index is 1.39. The van der Waals surface area contributed by atoms with Crippen LogP contribution in [0.5, 0.6) is 11.5 Å². The summed E-state index contributed by atoms with van der Waals surface area (Å²) in [6.07, 6.45) is -0.0705. The predicted molar refractivity (Wildman–Crippen MR) is 110 cm³/mol. The zero-order valence-electron chi connectivity index (χ0n) is 16.2. The number of anilines is 1. The number of amides is 2. The first kappa shape index (κ1) is 19.4. The maximum Gasteiger partial charge on any atom is 0.272 e. The van der Waals surface area contributed by atoms with Crippen LogP contribution in [-0.2, 0) is 16.0 Å². The number of fused-ring (bicyclic) bond motifs is 2. The van der Waals surface area contributed by atoms with E-state index in [-0.39, 0.29) is 23.8 Å². The average Bonchev–Trinajstić information content (AvgIpc) is 2.75. The lowest BCUT2D eigenvalue weighted by atomic mass is 10.1. The summed E-state index contributed by atoms with van der Waals surface area (Å²) in [7, 11) is 0. The van der Waals surface area contributed by atoms with Crippen molar-refractivity contribution in [2.24, 2.45) is 0 Å². The summed E-state index contributed by atoms with van der Waals surface area (Å²) in [5.74, 6) is 0.428. The summed E-state index contributed by atoms with van der Waals surface area (Å²) in [4.78, 5) is 36.8. The molecule has 4 rings (SSSR count). The van der Waals surface area contributed by atoms with Gasteiger partial charge in [0, 0.05) is 17.1 Å². The molecule has 0 fully saturated rings. The molecule has 30 heavy (non-hydrogen) atoms. The summed E-state index contributed by atoms with van der Waals surface area (Å²) in [6, 6.07) is 11.2. The summed E-state index contributed by atoms with van der Waals surface area (Å²) in [5, 5.41) is 12.8. The molecule has 2 heterocycles. The summed E-state index contributed by atoms with van der Waals surface area (Å²) in [5.41, 5.74) is 0.655. The van der Waals surface area contributed by atoms with E-state index in [4.69, 9.17) is 9.47 Å². The van der Waals surface area contributed by atoms with E-state index in [0.29, 0.717) is 46.9 Å². The molecule has 0 spiro atoms. The lowest BCUT2D eigenvalue weighted by Crippen LogP contribution is -2.42. The number of nitrogens with one attached hydrogen (secondary N) is 3. The SMILES string of the molecule is CC(NC(=O)Cc1n[nH]c(=O)c2ccccc12)C(=O)Nc1ccc2c(c1)OCCO2. The number of hydrogen-bond acceptors (Lipinski definition) is 6. The molecular formula is C21H20N4O5. The summed E-state index contributed by atoms with van der Waals surface area (Å²) in [6.45, 7) is 2.52. The number of rotatable bonds is 5. The van der Waals surface area contributed by atoms with Gasteiger partial charge in [0.25, 0.3) is 5.56 Å². The molecule has 2 aromatic carbocycles. The lowest BCUT2D eigenvalue weighted by Gasteiger charge is -2.19. The molecule has 0 aliphatic carbocycles. The highest BCUT2D eigenvalue weighted by Gasteiger charge is 2.19. The number of benzene rings is 2. The van der Waals surface area contributed by atoms with Gasteiger partial charge in [0.2, 0.25) is 11.8 Å². The number of aromatic nitrogens is 2. The number of aromatic amines is 1. The van der Waals surface area contributed by atoms with Crippen molar-refractivity contribution in [1.82, 2.24) is 15.5 Å². The third kappa shape index (κ3) is 4.09. The lowest BCUT2D eigenvalue weighted by molar-refractivity contribution is -0.125. The zero-order chi connectivity index (χ0) is 21.1. The van der Waals surface area contributed by atoms with Crippen LogP contribution in [0, 0.1) is 0 Å². The van der Waals surface area contributed by atoms with Crippen LogP contribution in [0.1, 0.15) is 12.6 Å². The molecule has 0 saturated heterocycles. The number of nitrogens with zero attached hydrogens (tertiary/aromatic N) is 1. The van der Waals surface area contributed by atoms with Crippen molar-refractivity contribution in [2.75, 3.05) is 18.5 Å². The minimum Gasteiger partial charge on any atom is -0.486 e. The van der Waals surface area contributed by atoms with Crippen molar-refractivity contribution in [1.29, 1.82) is 0 Å². The van der Waals surface area contributed by atoms with Crippen LogP contribution >= 0.6 is 0 Å². The normalized spacial score (nSPS) is 13.5. The van der Waals surface area contributed by atoms with Crippen molar-refractivity contribution in [3.8, 4) is 11.5 Å². The largest absolute Gasteiger partial charge is 0.486 e. The van der Waals surface area contributed by atoms with Gasteiger partial charge in [0.15, 0.2) is 11.5 Å². The minimum absolute atomic E-state index is 0.0705. The van der Waals surface area contributed by atoms with Crippen LogP contribution in [0.4, 0.5) is 5.69 Å². The van der Waals surface area contributed by atoms with E-state index in [1.54, 1.807) is 49.4 Å². The second-order valence-electron chi connectivity index (χ2n) is 6.86. The molecule has 1 aromatic heterocycles. The molecular weight excluding hydrogens is 388 g/mol. The fourth-order valence-corrected chi connectivity index (χ4v) is 3.19. The Kier molecular flexibility index (Phi) is 5.34. The standard InChI is InChI=1S/C21H20N4O5/c1-12(20(27)23-13-6-7-17-18(10-13)30-9-8-29-17)22-19(26)11-16-14-4-2-3-5-15(14)21(28)25-24-16/h2-7,10,12H,8-9,11H2,1H3,(H,22,26)(H,23,27)(H,25,28). The molecule has 154 valence electrons. The number of carbonyl (C=O) groups excluding carboxylic acids is 2. The Hall–Kier alpha value is -3.88. The highest BCUT2D eigenvalue weighted by atomic mass is 16.6. The Morgan fingerprint density at radius 2 is 1.83 bits per heavy atom. The third-order valence-electron chi connectivity index (χ3n) is 4.68. The van der Waals surface area contributed by atoms with E-state index in [1.807, 2.05) is 0 Å². The minimum atomic E-state index is -0.778. The van der Waals surface area contributed by atoms with Gasteiger partial charge in [0.05, 0.1) is 17.5 Å². The first-order chi connectivity index (χ1) is 14.5. The molecule has 9 nitrogen and oxygen atoms in total. The molecule has 1 unspecified atom stereocenters. The topological polar surface area (TPSA) is 122 Å².